The lowest BCUT2D eigenvalue weighted by Gasteiger charge is -2.06. The molecule has 3 heterocycles. The smallest absolute Gasteiger partial charge is 0.367 e. The number of nitro benzene ring substituents is 1. The van der Waals surface area contributed by atoms with Crippen LogP contribution in [0.2, 0.25) is 0 Å². The molecule has 0 unspecified atom stereocenters. The molecule has 0 aliphatic carbocycles. The van der Waals surface area contributed by atoms with Crippen LogP contribution in [-0.4, -0.2) is 29.2 Å². The highest BCUT2D eigenvalue weighted by molar-refractivity contribution is 6.07. The third kappa shape index (κ3) is 3.93. The summed E-state index contributed by atoms with van der Waals surface area (Å²) in [4.78, 5) is 38.0. The van der Waals surface area contributed by atoms with E-state index in [9.17, 15) is 25.0 Å². The molecule has 35 heavy (non-hydrogen) atoms. The Morgan fingerprint density at radius 3 is 2.54 bits per heavy atom. The highest BCUT2D eigenvalue weighted by Gasteiger charge is 2.17. The minimum Gasteiger partial charge on any atom is -0.420 e. The SMILES string of the molecule is Cn1c2cc(Oc3cccc([N+](=O)[O-])n3)ccc2c2cnn(Cc3cccc([N+](=O)[O-])c3)c(=O)c21. The Kier molecular flexibility index (Phi) is 5.17. The van der Waals surface area contributed by atoms with Crippen molar-refractivity contribution in [2.75, 3.05) is 0 Å². The number of hydrogen-bond donors (Lipinski definition) is 0. The van der Waals surface area contributed by atoms with Crippen LogP contribution in [0, 0.1) is 20.2 Å². The summed E-state index contributed by atoms with van der Waals surface area (Å²) >= 11 is 0. The second-order valence-electron chi connectivity index (χ2n) is 7.73. The lowest BCUT2D eigenvalue weighted by atomic mass is 10.2. The molecular weight excluding hydrogens is 456 g/mol. The summed E-state index contributed by atoms with van der Waals surface area (Å²) in [6.45, 7) is 0.0742. The van der Waals surface area contributed by atoms with Gasteiger partial charge in [0.25, 0.3) is 11.2 Å². The summed E-state index contributed by atoms with van der Waals surface area (Å²) < 4.78 is 8.68. The average molecular weight is 472 g/mol. The van der Waals surface area contributed by atoms with Gasteiger partial charge in [-0.2, -0.15) is 5.10 Å². The maximum Gasteiger partial charge on any atom is 0.367 e. The number of ether oxygens (including phenoxy) is 1. The minimum absolute atomic E-state index is 0.0630. The van der Waals surface area contributed by atoms with E-state index in [0.29, 0.717) is 27.7 Å². The number of pyridine rings is 1. The first-order valence-corrected chi connectivity index (χ1v) is 10.3. The van der Waals surface area contributed by atoms with E-state index in [1.165, 1.54) is 35.0 Å². The molecule has 0 aliphatic heterocycles. The average Bonchev–Trinajstić information content (AvgIpc) is 3.13. The molecule has 0 aliphatic rings. The van der Waals surface area contributed by atoms with E-state index in [4.69, 9.17) is 4.74 Å². The molecule has 12 heteroatoms. The Balaban J connectivity index is 1.54. The van der Waals surface area contributed by atoms with Crippen LogP contribution in [0.1, 0.15) is 5.56 Å². The zero-order valence-electron chi connectivity index (χ0n) is 18.2. The Labute approximate surface area is 195 Å². The molecular formula is C23H16N6O6. The largest absolute Gasteiger partial charge is 0.420 e. The minimum atomic E-state index is -0.606. The fourth-order valence-electron chi connectivity index (χ4n) is 3.94. The Morgan fingerprint density at radius 2 is 1.77 bits per heavy atom. The summed E-state index contributed by atoms with van der Waals surface area (Å²) in [5.74, 6) is 0.128. The molecule has 0 fully saturated rings. The highest BCUT2D eigenvalue weighted by atomic mass is 16.6. The summed E-state index contributed by atoms with van der Waals surface area (Å²) in [6, 6.07) is 15.5. The van der Waals surface area contributed by atoms with Crippen molar-refractivity contribution in [3.8, 4) is 11.6 Å². The number of aryl methyl sites for hydroxylation is 1. The molecule has 0 amide bonds. The van der Waals surface area contributed by atoms with Gasteiger partial charge in [-0.1, -0.05) is 12.1 Å². The van der Waals surface area contributed by atoms with E-state index in [2.05, 4.69) is 10.1 Å². The van der Waals surface area contributed by atoms with Gasteiger partial charge < -0.3 is 19.4 Å². The molecule has 12 nitrogen and oxygen atoms in total. The van der Waals surface area contributed by atoms with Gasteiger partial charge in [-0.25, -0.2) is 4.68 Å². The molecule has 0 bridgehead atoms. The quantitative estimate of drug-likeness (QED) is 0.266. The van der Waals surface area contributed by atoms with Crippen molar-refractivity contribution >= 4 is 33.3 Å². The second-order valence-corrected chi connectivity index (χ2v) is 7.73. The van der Waals surface area contributed by atoms with Gasteiger partial charge in [-0.3, -0.25) is 14.9 Å². The first-order valence-electron chi connectivity index (χ1n) is 10.3. The molecule has 0 saturated heterocycles. The molecule has 0 N–H and O–H groups in total. The second kappa shape index (κ2) is 8.33. The number of non-ortho nitro benzene ring substituents is 1. The first kappa shape index (κ1) is 21.7. The third-order valence-electron chi connectivity index (χ3n) is 5.55. The predicted molar refractivity (Wildman–Crippen MR) is 126 cm³/mol. The van der Waals surface area contributed by atoms with Gasteiger partial charge in [0.2, 0.25) is 0 Å². The third-order valence-corrected chi connectivity index (χ3v) is 5.55. The van der Waals surface area contributed by atoms with Gasteiger partial charge in [-0.15, -0.1) is 0 Å². The van der Waals surface area contributed by atoms with Gasteiger partial charge >= 0.3 is 11.7 Å². The molecule has 174 valence electrons. The summed E-state index contributed by atoms with van der Waals surface area (Å²) in [7, 11) is 1.74. The van der Waals surface area contributed by atoms with E-state index < -0.39 is 9.85 Å². The van der Waals surface area contributed by atoms with Crippen LogP contribution in [0.3, 0.4) is 0 Å². The van der Waals surface area contributed by atoms with Crippen molar-refractivity contribution in [2.45, 2.75) is 6.54 Å². The zero-order chi connectivity index (χ0) is 24.7. The first-order chi connectivity index (χ1) is 16.8. The highest BCUT2D eigenvalue weighted by Crippen LogP contribution is 2.31. The molecule has 0 saturated carbocycles. The lowest BCUT2D eigenvalue weighted by Crippen LogP contribution is -2.24. The number of benzene rings is 2. The van der Waals surface area contributed by atoms with Crippen molar-refractivity contribution in [2.24, 2.45) is 7.05 Å². The fraction of sp³-hybridized carbons (Fsp3) is 0.0870. The molecule has 2 aromatic carbocycles. The fourth-order valence-corrected chi connectivity index (χ4v) is 3.94. The number of nitro groups is 2. The topological polar surface area (TPSA) is 148 Å². The predicted octanol–water partition coefficient (Wildman–Crippen LogP) is 3.94. The number of rotatable bonds is 6. The maximum atomic E-state index is 13.3. The van der Waals surface area contributed by atoms with Crippen molar-refractivity contribution in [3.05, 3.63) is 103 Å². The standard InChI is InChI=1S/C23H16N6O6/c1-26-19-11-16(35-21-7-3-6-20(25-21)29(33)34)8-9-17(19)18-12-24-27(23(30)22(18)26)13-14-4-2-5-15(10-14)28(31)32/h2-12H,13H2,1H3. The lowest BCUT2D eigenvalue weighted by molar-refractivity contribution is -0.389. The normalized spacial score (nSPS) is 11.1. The van der Waals surface area contributed by atoms with E-state index in [1.54, 1.807) is 48.1 Å². The van der Waals surface area contributed by atoms with Gasteiger partial charge in [0.05, 0.1) is 23.2 Å². The van der Waals surface area contributed by atoms with Gasteiger partial charge in [0.15, 0.2) is 0 Å². The van der Waals surface area contributed by atoms with Crippen LogP contribution in [0.15, 0.2) is 71.7 Å². The molecule has 0 atom stereocenters. The van der Waals surface area contributed by atoms with Gasteiger partial charge in [0, 0.05) is 53.1 Å². The van der Waals surface area contributed by atoms with Crippen molar-refractivity contribution in [1.29, 1.82) is 0 Å². The summed E-state index contributed by atoms with van der Waals surface area (Å²) in [5.41, 5.74) is 1.26. The summed E-state index contributed by atoms with van der Waals surface area (Å²) in [5, 5.41) is 27.7. The van der Waals surface area contributed by atoms with Crippen molar-refractivity contribution < 1.29 is 14.6 Å². The molecule has 5 aromatic rings. The van der Waals surface area contributed by atoms with E-state index >= 15 is 0 Å². The van der Waals surface area contributed by atoms with Crippen molar-refractivity contribution in [3.63, 3.8) is 0 Å². The molecule has 5 rings (SSSR count). The Morgan fingerprint density at radius 1 is 0.971 bits per heavy atom. The molecule has 0 spiro atoms. The number of aromatic nitrogens is 4. The van der Waals surface area contributed by atoms with E-state index in [1.807, 2.05) is 0 Å². The van der Waals surface area contributed by atoms with E-state index in [0.717, 1.165) is 5.39 Å². The van der Waals surface area contributed by atoms with Crippen LogP contribution in [0.4, 0.5) is 11.5 Å². The Hall–Kier alpha value is -5.13. The molecule has 3 aromatic heterocycles. The Bertz CT molecular complexity index is 1710. The van der Waals surface area contributed by atoms with Crippen LogP contribution in [0.5, 0.6) is 11.6 Å². The van der Waals surface area contributed by atoms with Crippen molar-refractivity contribution in [1.82, 2.24) is 19.3 Å². The van der Waals surface area contributed by atoms with Gasteiger partial charge in [-0.05, 0) is 28.7 Å². The number of nitrogens with zero attached hydrogens (tertiary/aromatic N) is 6. The number of hydrogen-bond acceptors (Lipinski definition) is 8. The zero-order valence-corrected chi connectivity index (χ0v) is 18.2. The van der Waals surface area contributed by atoms with Crippen LogP contribution in [0.25, 0.3) is 21.8 Å². The monoisotopic (exact) mass is 472 g/mol. The maximum absolute atomic E-state index is 13.3. The van der Waals surface area contributed by atoms with Crippen LogP contribution in [-0.2, 0) is 13.6 Å². The van der Waals surface area contributed by atoms with Crippen LogP contribution < -0.4 is 10.3 Å². The summed E-state index contributed by atoms with van der Waals surface area (Å²) in [6.07, 6.45) is 1.58. The van der Waals surface area contributed by atoms with Crippen LogP contribution >= 0.6 is 0 Å². The van der Waals surface area contributed by atoms with E-state index in [-0.39, 0.29) is 29.5 Å². The van der Waals surface area contributed by atoms with Gasteiger partial charge in [0.1, 0.15) is 11.3 Å². The molecule has 0 radical (unpaired) electrons. The number of fused-ring (bicyclic) bond motifs is 3.